The van der Waals surface area contributed by atoms with Gasteiger partial charge in [-0.2, -0.15) is 0 Å². The average Bonchev–Trinajstić information content (AvgIpc) is 2.72. The van der Waals surface area contributed by atoms with E-state index in [2.05, 4.69) is 15.0 Å². The fourth-order valence-corrected chi connectivity index (χ4v) is 3.28. The lowest BCUT2D eigenvalue weighted by atomic mass is 10.1. The molecule has 2 N–H and O–H groups in total. The number of para-hydroxylation sites is 1. The molecule has 7 heteroatoms. The summed E-state index contributed by atoms with van der Waals surface area (Å²) in [6.07, 6.45) is 0. The number of rotatable bonds is 6. The highest BCUT2D eigenvalue weighted by Gasteiger charge is 2.18. The Morgan fingerprint density at radius 2 is 1.80 bits per heavy atom. The molecule has 7 nitrogen and oxygen atoms in total. The molecule has 0 saturated heterocycles. The fourth-order valence-electron chi connectivity index (χ4n) is 3.28. The minimum absolute atomic E-state index is 0.202. The number of urea groups is 1. The van der Waals surface area contributed by atoms with Gasteiger partial charge in [-0.1, -0.05) is 32.0 Å². The zero-order valence-corrected chi connectivity index (χ0v) is 17.3. The Morgan fingerprint density at radius 3 is 2.47 bits per heavy atom. The number of carbonyl (C=O) groups excluding carboxylic acids is 2. The highest BCUT2D eigenvalue weighted by molar-refractivity contribution is 5.92. The van der Waals surface area contributed by atoms with Crippen molar-refractivity contribution in [3.63, 3.8) is 0 Å². The Labute approximate surface area is 174 Å². The van der Waals surface area contributed by atoms with Crippen LogP contribution in [0, 0.1) is 5.92 Å². The molecule has 0 spiro atoms. The smallest absolute Gasteiger partial charge is 0.337 e. The average molecular weight is 407 g/mol. The van der Waals surface area contributed by atoms with Gasteiger partial charge >= 0.3 is 12.0 Å². The first-order valence-corrected chi connectivity index (χ1v) is 9.72. The van der Waals surface area contributed by atoms with Crippen molar-refractivity contribution >= 4 is 28.6 Å². The van der Waals surface area contributed by atoms with Gasteiger partial charge in [0.15, 0.2) is 0 Å². The van der Waals surface area contributed by atoms with Crippen LogP contribution < -0.4 is 10.9 Å². The van der Waals surface area contributed by atoms with Gasteiger partial charge in [0.05, 0.1) is 12.7 Å². The predicted molar refractivity (Wildman–Crippen MR) is 117 cm³/mol. The molecule has 0 aliphatic heterocycles. The maximum absolute atomic E-state index is 13.0. The van der Waals surface area contributed by atoms with Crippen LogP contribution in [0.2, 0.25) is 0 Å². The number of pyridine rings is 1. The van der Waals surface area contributed by atoms with E-state index in [4.69, 9.17) is 0 Å². The number of hydrogen-bond donors (Lipinski definition) is 2. The second kappa shape index (κ2) is 9.26. The van der Waals surface area contributed by atoms with Gasteiger partial charge in [0, 0.05) is 35.7 Å². The Hall–Kier alpha value is -3.61. The number of benzene rings is 2. The number of anilines is 1. The summed E-state index contributed by atoms with van der Waals surface area (Å²) in [5.74, 6) is -0.193. The van der Waals surface area contributed by atoms with Crippen LogP contribution in [-0.2, 0) is 11.3 Å². The Bertz CT molecular complexity index is 1100. The van der Waals surface area contributed by atoms with Crippen LogP contribution >= 0.6 is 0 Å². The summed E-state index contributed by atoms with van der Waals surface area (Å²) in [7, 11) is 1.32. The van der Waals surface area contributed by atoms with Gasteiger partial charge in [0.2, 0.25) is 5.56 Å². The van der Waals surface area contributed by atoms with Gasteiger partial charge < -0.3 is 19.9 Å². The molecule has 0 fully saturated rings. The molecular weight excluding hydrogens is 382 g/mol. The lowest BCUT2D eigenvalue weighted by molar-refractivity contribution is 0.0600. The maximum atomic E-state index is 13.0. The fraction of sp³-hybridized carbons (Fsp3) is 0.261. The number of esters is 1. The van der Waals surface area contributed by atoms with E-state index in [1.54, 1.807) is 29.2 Å². The third-order valence-electron chi connectivity index (χ3n) is 4.63. The largest absolute Gasteiger partial charge is 0.465 e. The summed E-state index contributed by atoms with van der Waals surface area (Å²) in [4.78, 5) is 41.1. The summed E-state index contributed by atoms with van der Waals surface area (Å²) in [6, 6.07) is 15.3. The zero-order chi connectivity index (χ0) is 21.7. The quantitative estimate of drug-likeness (QED) is 0.604. The number of aromatic amines is 1. The molecule has 0 saturated carbocycles. The standard InChI is InChI=1S/C23H25N3O4/c1-15(2)13-26(14-17-12-21(27)25-20-7-5-4-6-19(17)20)23(29)24-18-10-8-16(9-11-18)22(28)30-3/h4-12,15H,13-14H2,1-3H3,(H,24,29)(H,25,27). The summed E-state index contributed by atoms with van der Waals surface area (Å²) < 4.78 is 4.69. The van der Waals surface area contributed by atoms with E-state index in [1.165, 1.54) is 13.2 Å². The van der Waals surface area contributed by atoms with Crippen LogP contribution in [-0.4, -0.2) is 35.5 Å². The van der Waals surface area contributed by atoms with E-state index in [1.807, 2.05) is 38.1 Å². The molecule has 0 bridgehead atoms. The molecule has 3 aromatic rings. The van der Waals surface area contributed by atoms with Crippen molar-refractivity contribution in [3.8, 4) is 0 Å². The SMILES string of the molecule is COC(=O)c1ccc(NC(=O)N(Cc2cc(=O)[nH]c3ccccc23)CC(C)C)cc1. The van der Waals surface area contributed by atoms with E-state index in [9.17, 15) is 14.4 Å². The van der Waals surface area contributed by atoms with Crippen LogP contribution in [0.5, 0.6) is 0 Å². The molecule has 1 heterocycles. The monoisotopic (exact) mass is 407 g/mol. The van der Waals surface area contributed by atoms with Gasteiger partial charge in [0.1, 0.15) is 0 Å². The first-order chi connectivity index (χ1) is 14.4. The van der Waals surface area contributed by atoms with Crippen LogP contribution in [0.3, 0.4) is 0 Å². The number of H-pyrrole nitrogens is 1. The highest BCUT2D eigenvalue weighted by atomic mass is 16.5. The summed E-state index contributed by atoms with van der Waals surface area (Å²) in [5, 5.41) is 3.77. The summed E-state index contributed by atoms with van der Waals surface area (Å²) in [6.45, 7) is 4.88. The topological polar surface area (TPSA) is 91.5 Å². The van der Waals surface area contributed by atoms with Crippen LogP contribution in [0.25, 0.3) is 10.9 Å². The van der Waals surface area contributed by atoms with Gasteiger partial charge in [-0.05, 0) is 41.8 Å². The van der Waals surface area contributed by atoms with Crippen molar-refractivity contribution < 1.29 is 14.3 Å². The van der Waals surface area contributed by atoms with Crippen molar-refractivity contribution in [2.24, 2.45) is 5.92 Å². The number of carbonyl (C=O) groups is 2. The maximum Gasteiger partial charge on any atom is 0.337 e. The molecule has 3 rings (SSSR count). The zero-order valence-electron chi connectivity index (χ0n) is 17.3. The van der Waals surface area contributed by atoms with Crippen molar-refractivity contribution in [2.45, 2.75) is 20.4 Å². The molecule has 1 aromatic heterocycles. The molecule has 0 radical (unpaired) electrons. The number of methoxy groups -OCH3 is 1. The van der Waals surface area contributed by atoms with E-state index in [0.29, 0.717) is 24.3 Å². The minimum atomic E-state index is -0.435. The van der Waals surface area contributed by atoms with Crippen molar-refractivity contribution in [3.05, 3.63) is 76.1 Å². The number of nitrogens with zero attached hydrogens (tertiary/aromatic N) is 1. The second-order valence-corrected chi connectivity index (χ2v) is 7.48. The van der Waals surface area contributed by atoms with Crippen molar-refractivity contribution in [1.82, 2.24) is 9.88 Å². The van der Waals surface area contributed by atoms with E-state index >= 15 is 0 Å². The Balaban J connectivity index is 1.83. The Morgan fingerprint density at radius 1 is 1.10 bits per heavy atom. The first kappa shape index (κ1) is 21.1. The van der Waals surface area contributed by atoms with Crippen LogP contribution in [0.4, 0.5) is 10.5 Å². The predicted octanol–water partition coefficient (Wildman–Crippen LogP) is 4.00. The van der Waals surface area contributed by atoms with E-state index in [-0.39, 0.29) is 17.5 Å². The van der Waals surface area contributed by atoms with E-state index in [0.717, 1.165) is 16.5 Å². The normalized spacial score (nSPS) is 10.8. The molecule has 2 aromatic carbocycles. The van der Waals surface area contributed by atoms with Crippen LogP contribution in [0.15, 0.2) is 59.4 Å². The van der Waals surface area contributed by atoms with E-state index < -0.39 is 5.97 Å². The summed E-state index contributed by atoms with van der Waals surface area (Å²) >= 11 is 0. The van der Waals surface area contributed by atoms with Crippen molar-refractivity contribution in [2.75, 3.05) is 19.0 Å². The molecular formula is C23H25N3O4. The number of hydrogen-bond acceptors (Lipinski definition) is 4. The van der Waals surface area contributed by atoms with Crippen molar-refractivity contribution in [1.29, 1.82) is 0 Å². The molecule has 30 heavy (non-hydrogen) atoms. The lowest BCUT2D eigenvalue weighted by Crippen LogP contribution is -2.37. The van der Waals surface area contributed by atoms with Crippen LogP contribution in [0.1, 0.15) is 29.8 Å². The Kier molecular flexibility index (Phi) is 6.51. The number of fused-ring (bicyclic) bond motifs is 1. The van der Waals surface area contributed by atoms with Gasteiger partial charge in [-0.3, -0.25) is 4.79 Å². The third kappa shape index (κ3) is 5.05. The molecule has 2 amide bonds. The number of amides is 2. The second-order valence-electron chi connectivity index (χ2n) is 7.48. The minimum Gasteiger partial charge on any atom is -0.465 e. The lowest BCUT2D eigenvalue weighted by Gasteiger charge is -2.25. The van der Waals surface area contributed by atoms with Gasteiger partial charge in [0.25, 0.3) is 0 Å². The van der Waals surface area contributed by atoms with Gasteiger partial charge in [-0.15, -0.1) is 0 Å². The number of aromatic nitrogens is 1. The number of ether oxygens (including phenoxy) is 1. The highest BCUT2D eigenvalue weighted by Crippen LogP contribution is 2.18. The molecule has 156 valence electrons. The first-order valence-electron chi connectivity index (χ1n) is 9.72. The molecule has 0 aliphatic carbocycles. The third-order valence-corrected chi connectivity index (χ3v) is 4.63. The number of nitrogens with one attached hydrogen (secondary N) is 2. The molecule has 0 unspecified atom stereocenters. The van der Waals surface area contributed by atoms with Gasteiger partial charge in [-0.25, -0.2) is 9.59 Å². The molecule has 0 aliphatic rings. The molecule has 0 atom stereocenters. The summed E-state index contributed by atoms with van der Waals surface area (Å²) in [5.41, 5.74) is 2.29.